The molecule has 0 amide bonds. The van der Waals surface area contributed by atoms with Gasteiger partial charge in [-0.3, -0.25) is 9.98 Å². The van der Waals surface area contributed by atoms with Crippen LogP contribution in [-0.2, 0) is 15.0 Å². The van der Waals surface area contributed by atoms with Gasteiger partial charge in [0, 0.05) is 41.1 Å². The molecule has 7 nitrogen and oxygen atoms in total. The monoisotopic (exact) mass is 446 g/mol. The maximum atomic E-state index is 14.5. The van der Waals surface area contributed by atoms with Crippen LogP contribution in [0.2, 0.25) is 0 Å². The maximum Gasteiger partial charge on any atom is 0.220 e. The smallest absolute Gasteiger partial charge is 0.220 e. The number of amidine groups is 1. The van der Waals surface area contributed by atoms with Crippen LogP contribution in [-0.4, -0.2) is 42.2 Å². The Morgan fingerprint density at radius 3 is 2.79 bits per heavy atom. The molecule has 2 N–H and O–H groups in total. The Balaban J connectivity index is 1.53. The van der Waals surface area contributed by atoms with E-state index < -0.39 is 11.5 Å². The summed E-state index contributed by atoms with van der Waals surface area (Å²) >= 11 is 0. The molecule has 6 rings (SSSR count). The second-order valence-electron chi connectivity index (χ2n) is 8.63. The highest BCUT2D eigenvalue weighted by atomic mass is 19.1. The SMILES string of the molecule is NC1=N[C@@]2(COC1)c1cc(-c3cccnc3F)ccc1Oc1cnc([C@H]3CCCOC3)cc12. The lowest BCUT2D eigenvalue weighted by Crippen LogP contribution is -2.42. The van der Waals surface area contributed by atoms with Crippen molar-refractivity contribution in [3.63, 3.8) is 0 Å². The van der Waals surface area contributed by atoms with Gasteiger partial charge in [0.25, 0.3) is 0 Å². The lowest BCUT2D eigenvalue weighted by atomic mass is 9.79. The predicted octanol–water partition coefficient (Wildman–Crippen LogP) is 3.91. The normalized spacial score (nSPS) is 23.9. The molecule has 3 aliphatic heterocycles. The van der Waals surface area contributed by atoms with Gasteiger partial charge in [-0.25, -0.2) is 4.98 Å². The van der Waals surface area contributed by atoms with Crippen LogP contribution < -0.4 is 10.5 Å². The summed E-state index contributed by atoms with van der Waals surface area (Å²) in [6.07, 6.45) is 5.20. The Kier molecular flexibility index (Phi) is 4.85. The molecule has 8 heteroatoms. The second-order valence-corrected chi connectivity index (χ2v) is 8.63. The van der Waals surface area contributed by atoms with E-state index in [1.165, 1.54) is 6.20 Å². The Labute approximate surface area is 190 Å². The average Bonchev–Trinajstić information content (AvgIpc) is 2.85. The summed E-state index contributed by atoms with van der Waals surface area (Å²) in [5.41, 5.74) is 8.92. The van der Waals surface area contributed by atoms with E-state index in [0.29, 0.717) is 41.7 Å². The third-order valence-electron chi connectivity index (χ3n) is 6.52. The van der Waals surface area contributed by atoms with Gasteiger partial charge in [0.1, 0.15) is 23.7 Å². The summed E-state index contributed by atoms with van der Waals surface area (Å²) in [5.74, 6) is 1.32. The highest BCUT2D eigenvalue weighted by molar-refractivity contribution is 5.84. The molecule has 168 valence electrons. The number of fused-ring (bicyclic) bond motifs is 4. The van der Waals surface area contributed by atoms with Crippen molar-refractivity contribution in [1.82, 2.24) is 9.97 Å². The molecule has 0 radical (unpaired) electrons. The number of ether oxygens (including phenoxy) is 3. The molecule has 5 heterocycles. The van der Waals surface area contributed by atoms with Gasteiger partial charge in [-0.1, -0.05) is 6.07 Å². The first-order valence-corrected chi connectivity index (χ1v) is 11.1. The zero-order chi connectivity index (χ0) is 22.4. The molecule has 0 saturated carbocycles. The summed E-state index contributed by atoms with van der Waals surface area (Å²) in [6.45, 7) is 1.98. The fourth-order valence-electron chi connectivity index (χ4n) is 4.92. The van der Waals surface area contributed by atoms with Crippen molar-refractivity contribution in [2.45, 2.75) is 24.3 Å². The standard InChI is InChI=1S/C25H23FN4O3/c26-24-17(4-1-7-28-24)15-5-6-21-18(9-15)25(14-32-13-23(27)30-25)19-10-20(29-11-22(19)33-21)16-3-2-8-31-12-16/h1,4-7,9-11,16H,2-3,8,12-14H2,(H2,27,30)/t16-,25-/m0/s1. The average molecular weight is 446 g/mol. The number of pyridine rings is 2. The molecule has 1 aromatic carbocycles. The van der Waals surface area contributed by atoms with Crippen molar-refractivity contribution in [1.29, 1.82) is 0 Å². The Hall–Kier alpha value is -3.36. The summed E-state index contributed by atoms with van der Waals surface area (Å²) in [4.78, 5) is 13.4. The number of aromatic nitrogens is 2. The van der Waals surface area contributed by atoms with Gasteiger partial charge in [0.15, 0.2) is 5.75 Å². The Bertz CT molecular complexity index is 1260. The van der Waals surface area contributed by atoms with E-state index >= 15 is 0 Å². The minimum atomic E-state index is -0.910. The summed E-state index contributed by atoms with van der Waals surface area (Å²) in [5, 5.41) is 0. The third-order valence-corrected chi connectivity index (χ3v) is 6.52. The molecule has 0 aliphatic carbocycles. The number of hydrogen-bond donors (Lipinski definition) is 1. The number of nitrogens with zero attached hydrogens (tertiary/aromatic N) is 3. The maximum absolute atomic E-state index is 14.5. The number of aliphatic imine (C=N–C) groups is 1. The molecule has 1 spiro atoms. The highest BCUT2D eigenvalue weighted by Gasteiger charge is 2.45. The van der Waals surface area contributed by atoms with Gasteiger partial charge >= 0.3 is 0 Å². The summed E-state index contributed by atoms with van der Waals surface area (Å²) in [7, 11) is 0. The largest absolute Gasteiger partial charge is 0.455 e. The number of benzene rings is 1. The first-order chi connectivity index (χ1) is 16.1. The van der Waals surface area contributed by atoms with Crippen molar-refractivity contribution < 1.29 is 18.6 Å². The third kappa shape index (κ3) is 3.37. The molecule has 1 fully saturated rings. The molecule has 0 bridgehead atoms. The van der Waals surface area contributed by atoms with Gasteiger partial charge in [0.05, 0.1) is 19.4 Å². The van der Waals surface area contributed by atoms with Gasteiger partial charge in [-0.05, 0) is 48.7 Å². The van der Waals surface area contributed by atoms with E-state index in [1.54, 1.807) is 18.3 Å². The number of halogens is 1. The number of hydrogen-bond acceptors (Lipinski definition) is 7. The van der Waals surface area contributed by atoms with Crippen molar-refractivity contribution >= 4 is 5.84 Å². The molecule has 3 aliphatic rings. The Morgan fingerprint density at radius 2 is 1.97 bits per heavy atom. The van der Waals surface area contributed by atoms with E-state index in [1.807, 2.05) is 24.3 Å². The van der Waals surface area contributed by atoms with Crippen molar-refractivity contribution in [2.24, 2.45) is 10.7 Å². The van der Waals surface area contributed by atoms with E-state index in [9.17, 15) is 4.39 Å². The molecule has 2 aromatic heterocycles. The fraction of sp³-hybridized carbons (Fsp3) is 0.320. The van der Waals surface area contributed by atoms with Crippen LogP contribution in [0.1, 0.15) is 35.6 Å². The van der Waals surface area contributed by atoms with Crippen LogP contribution in [0, 0.1) is 5.95 Å². The van der Waals surface area contributed by atoms with Crippen molar-refractivity contribution in [3.05, 3.63) is 71.6 Å². The fourth-order valence-corrected chi connectivity index (χ4v) is 4.92. The zero-order valence-corrected chi connectivity index (χ0v) is 18.0. The quantitative estimate of drug-likeness (QED) is 0.600. The van der Waals surface area contributed by atoms with Gasteiger partial charge < -0.3 is 19.9 Å². The van der Waals surface area contributed by atoms with Crippen LogP contribution in [0.5, 0.6) is 11.5 Å². The highest BCUT2D eigenvalue weighted by Crippen LogP contribution is 2.51. The molecular weight excluding hydrogens is 423 g/mol. The van der Waals surface area contributed by atoms with Gasteiger partial charge in [0.2, 0.25) is 5.95 Å². The van der Waals surface area contributed by atoms with Crippen LogP contribution in [0.4, 0.5) is 4.39 Å². The zero-order valence-electron chi connectivity index (χ0n) is 18.0. The molecule has 0 unspecified atom stereocenters. The van der Waals surface area contributed by atoms with Crippen molar-refractivity contribution in [2.75, 3.05) is 26.4 Å². The summed E-state index contributed by atoms with van der Waals surface area (Å²) in [6, 6.07) is 11.0. The molecular formula is C25H23FN4O3. The van der Waals surface area contributed by atoms with E-state index in [2.05, 4.69) is 9.97 Å². The van der Waals surface area contributed by atoms with Crippen LogP contribution in [0.25, 0.3) is 11.1 Å². The topological polar surface area (TPSA) is 91.9 Å². The van der Waals surface area contributed by atoms with Crippen LogP contribution in [0.15, 0.2) is 53.8 Å². The molecule has 2 atom stereocenters. The van der Waals surface area contributed by atoms with E-state index in [-0.39, 0.29) is 12.5 Å². The van der Waals surface area contributed by atoms with Crippen LogP contribution in [0.3, 0.4) is 0 Å². The van der Waals surface area contributed by atoms with E-state index in [0.717, 1.165) is 36.3 Å². The lowest BCUT2D eigenvalue weighted by molar-refractivity contribution is 0.0790. The minimum Gasteiger partial charge on any atom is -0.455 e. The molecule has 33 heavy (non-hydrogen) atoms. The predicted molar refractivity (Wildman–Crippen MR) is 120 cm³/mol. The van der Waals surface area contributed by atoms with Crippen molar-refractivity contribution in [3.8, 4) is 22.6 Å². The van der Waals surface area contributed by atoms with Gasteiger partial charge in [-0.15, -0.1) is 0 Å². The van der Waals surface area contributed by atoms with Gasteiger partial charge in [-0.2, -0.15) is 4.39 Å². The molecule has 3 aromatic rings. The number of nitrogens with two attached hydrogens (primary N) is 1. The first kappa shape index (κ1) is 20.3. The second kappa shape index (κ2) is 7.90. The lowest BCUT2D eigenvalue weighted by Gasteiger charge is -2.39. The molecule has 1 saturated heterocycles. The van der Waals surface area contributed by atoms with E-state index in [4.69, 9.17) is 24.9 Å². The first-order valence-electron chi connectivity index (χ1n) is 11.1. The minimum absolute atomic E-state index is 0.212. The Morgan fingerprint density at radius 1 is 1.06 bits per heavy atom. The number of rotatable bonds is 2. The summed E-state index contributed by atoms with van der Waals surface area (Å²) < 4.78 is 32.3. The van der Waals surface area contributed by atoms with Crippen LogP contribution >= 0.6 is 0 Å².